The molecule has 1 aliphatic heterocycles. The monoisotopic (exact) mass is 408 g/mol. The molecule has 2 aromatic carbocycles. The molecule has 0 aliphatic carbocycles. The second kappa shape index (κ2) is 8.39. The van der Waals surface area contributed by atoms with Gasteiger partial charge in [-0.05, 0) is 38.2 Å². The molecule has 3 aromatic rings. The SMILES string of the molecule is Cc1ccc(-n2c(SCC(=O)N3CCN(C)CC3)nc3ccccc3c2=O)cc1. The van der Waals surface area contributed by atoms with Crippen molar-refractivity contribution < 1.29 is 4.79 Å². The van der Waals surface area contributed by atoms with Gasteiger partial charge in [0.2, 0.25) is 5.91 Å². The molecule has 6 nitrogen and oxygen atoms in total. The Morgan fingerprint density at radius 2 is 1.72 bits per heavy atom. The lowest BCUT2D eigenvalue weighted by molar-refractivity contribution is -0.129. The van der Waals surface area contributed by atoms with Gasteiger partial charge in [0.25, 0.3) is 5.56 Å². The van der Waals surface area contributed by atoms with Gasteiger partial charge in [-0.3, -0.25) is 14.2 Å². The molecule has 1 saturated heterocycles. The number of piperazine rings is 1. The van der Waals surface area contributed by atoms with Crippen molar-refractivity contribution in [3.63, 3.8) is 0 Å². The highest BCUT2D eigenvalue weighted by Gasteiger charge is 2.20. The summed E-state index contributed by atoms with van der Waals surface area (Å²) in [6.07, 6.45) is 0. The summed E-state index contributed by atoms with van der Waals surface area (Å²) in [6.45, 7) is 5.27. The van der Waals surface area contributed by atoms with Crippen LogP contribution in [-0.2, 0) is 4.79 Å². The van der Waals surface area contributed by atoms with E-state index >= 15 is 0 Å². The Morgan fingerprint density at radius 3 is 2.45 bits per heavy atom. The summed E-state index contributed by atoms with van der Waals surface area (Å²) in [5.74, 6) is 0.348. The second-order valence-electron chi connectivity index (χ2n) is 7.36. The number of nitrogens with zero attached hydrogens (tertiary/aromatic N) is 4. The normalized spacial score (nSPS) is 15.0. The van der Waals surface area contributed by atoms with Crippen LogP contribution in [-0.4, -0.2) is 64.2 Å². The molecule has 0 radical (unpaired) electrons. The van der Waals surface area contributed by atoms with E-state index in [9.17, 15) is 9.59 Å². The Bertz CT molecular complexity index is 1090. The lowest BCUT2D eigenvalue weighted by atomic mass is 10.2. The van der Waals surface area contributed by atoms with Gasteiger partial charge in [0.05, 0.1) is 22.3 Å². The third-order valence-electron chi connectivity index (χ3n) is 5.22. The number of rotatable bonds is 4. The van der Waals surface area contributed by atoms with Gasteiger partial charge in [0.15, 0.2) is 5.16 Å². The average molecular weight is 409 g/mol. The number of likely N-dealkylation sites (N-methyl/N-ethyl adjacent to an activating group) is 1. The molecule has 0 saturated carbocycles. The predicted octanol–water partition coefficient (Wildman–Crippen LogP) is 2.56. The molecule has 0 spiro atoms. The lowest BCUT2D eigenvalue weighted by Gasteiger charge is -2.32. The summed E-state index contributed by atoms with van der Waals surface area (Å²) in [5, 5.41) is 1.11. The summed E-state index contributed by atoms with van der Waals surface area (Å²) < 4.78 is 1.61. The van der Waals surface area contributed by atoms with E-state index in [0.717, 1.165) is 37.4 Å². The maximum Gasteiger partial charge on any atom is 0.266 e. The summed E-state index contributed by atoms with van der Waals surface area (Å²) >= 11 is 1.32. The largest absolute Gasteiger partial charge is 0.339 e. The third kappa shape index (κ3) is 4.21. The van der Waals surface area contributed by atoms with Gasteiger partial charge in [-0.1, -0.05) is 41.6 Å². The third-order valence-corrected chi connectivity index (χ3v) is 6.14. The first-order valence-corrected chi connectivity index (χ1v) is 10.7. The summed E-state index contributed by atoms with van der Waals surface area (Å²) in [4.78, 5) is 34.7. The lowest BCUT2D eigenvalue weighted by Crippen LogP contribution is -2.47. The van der Waals surface area contributed by atoms with Crippen LogP contribution in [0.2, 0.25) is 0 Å². The molecule has 1 amide bonds. The Labute approximate surface area is 174 Å². The van der Waals surface area contributed by atoms with E-state index in [2.05, 4.69) is 11.9 Å². The number of fused-ring (bicyclic) bond motifs is 1. The van der Waals surface area contributed by atoms with Gasteiger partial charge < -0.3 is 9.80 Å². The van der Waals surface area contributed by atoms with Gasteiger partial charge in [-0.2, -0.15) is 0 Å². The second-order valence-corrected chi connectivity index (χ2v) is 8.30. The van der Waals surface area contributed by atoms with Crippen molar-refractivity contribution in [2.45, 2.75) is 12.1 Å². The van der Waals surface area contributed by atoms with Gasteiger partial charge in [-0.25, -0.2) is 4.98 Å². The number of hydrogen-bond acceptors (Lipinski definition) is 5. The molecule has 0 bridgehead atoms. The minimum atomic E-state index is -0.117. The predicted molar refractivity (Wildman–Crippen MR) is 117 cm³/mol. The van der Waals surface area contributed by atoms with Crippen molar-refractivity contribution in [3.05, 3.63) is 64.4 Å². The standard InChI is InChI=1S/C22H24N4O2S/c1-16-7-9-17(10-8-16)26-21(28)18-5-3-4-6-19(18)23-22(26)29-15-20(27)25-13-11-24(2)12-14-25/h3-10H,11-15H2,1-2H3. The molecule has 29 heavy (non-hydrogen) atoms. The first kappa shape index (κ1) is 19.7. The molecule has 4 rings (SSSR count). The highest BCUT2D eigenvalue weighted by Crippen LogP contribution is 2.22. The minimum absolute atomic E-state index is 0.0842. The number of aryl methyl sites for hydroxylation is 1. The van der Waals surface area contributed by atoms with E-state index in [-0.39, 0.29) is 17.2 Å². The smallest absolute Gasteiger partial charge is 0.266 e. The number of para-hydroxylation sites is 1. The van der Waals surface area contributed by atoms with Crippen molar-refractivity contribution in [1.82, 2.24) is 19.4 Å². The van der Waals surface area contributed by atoms with Gasteiger partial charge in [0.1, 0.15) is 0 Å². The fraction of sp³-hybridized carbons (Fsp3) is 0.318. The van der Waals surface area contributed by atoms with Crippen LogP contribution in [0.3, 0.4) is 0 Å². The maximum absolute atomic E-state index is 13.2. The first-order valence-electron chi connectivity index (χ1n) is 9.71. The van der Waals surface area contributed by atoms with Crippen molar-refractivity contribution >= 4 is 28.6 Å². The number of aromatic nitrogens is 2. The molecule has 0 unspecified atom stereocenters. The Kier molecular flexibility index (Phi) is 5.69. The molecule has 1 aromatic heterocycles. The molecule has 1 aliphatic rings. The minimum Gasteiger partial charge on any atom is -0.339 e. The van der Waals surface area contributed by atoms with Gasteiger partial charge >= 0.3 is 0 Å². The van der Waals surface area contributed by atoms with Crippen molar-refractivity contribution in [2.24, 2.45) is 0 Å². The van der Waals surface area contributed by atoms with E-state index < -0.39 is 0 Å². The Morgan fingerprint density at radius 1 is 1.03 bits per heavy atom. The zero-order chi connectivity index (χ0) is 20.4. The zero-order valence-electron chi connectivity index (χ0n) is 16.7. The Hall–Kier alpha value is -2.64. The van der Waals surface area contributed by atoms with Crippen LogP contribution in [0.25, 0.3) is 16.6 Å². The van der Waals surface area contributed by atoms with Crippen LogP contribution in [0, 0.1) is 6.92 Å². The van der Waals surface area contributed by atoms with E-state index in [1.807, 2.05) is 54.3 Å². The number of thioether (sulfide) groups is 1. The fourth-order valence-electron chi connectivity index (χ4n) is 3.40. The first-order chi connectivity index (χ1) is 14.0. The number of carbonyl (C=O) groups excluding carboxylic acids is 1. The summed E-state index contributed by atoms with van der Waals surface area (Å²) in [6, 6.07) is 15.1. The van der Waals surface area contributed by atoms with E-state index in [1.165, 1.54) is 11.8 Å². The molecule has 7 heteroatoms. The summed E-state index contributed by atoms with van der Waals surface area (Å²) in [7, 11) is 2.07. The van der Waals surface area contributed by atoms with Gasteiger partial charge in [0, 0.05) is 26.2 Å². The van der Waals surface area contributed by atoms with Crippen LogP contribution < -0.4 is 5.56 Å². The highest BCUT2D eigenvalue weighted by atomic mass is 32.2. The zero-order valence-corrected chi connectivity index (χ0v) is 17.5. The van der Waals surface area contributed by atoms with Crippen LogP contribution in [0.1, 0.15) is 5.56 Å². The molecule has 150 valence electrons. The number of hydrogen-bond donors (Lipinski definition) is 0. The fourth-order valence-corrected chi connectivity index (χ4v) is 4.32. The van der Waals surface area contributed by atoms with Crippen LogP contribution >= 0.6 is 11.8 Å². The number of benzene rings is 2. The molecular formula is C22H24N4O2S. The average Bonchev–Trinajstić information content (AvgIpc) is 2.73. The molecule has 0 N–H and O–H groups in total. The van der Waals surface area contributed by atoms with Crippen LogP contribution in [0.4, 0.5) is 0 Å². The molecular weight excluding hydrogens is 384 g/mol. The van der Waals surface area contributed by atoms with E-state index in [1.54, 1.807) is 10.6 Å². The van der Waals surface area contributed by atoms with Crippen molar-refractivity contribution in [3.8, 4) is 5.69 Å². The highest BCUT2D eigenvalue weighted by molar-refractivity contribution is 7.99. The summed E-state index contributed by atoms with van der Waals surface area (Å²) in [5.41, 5.74) is 2.41. The van der Waals surface area contributed by atoms with E-state index in [4.69, 9.17) is 4.98 Å². The van der Waals surface area contributed by atoms with E-state index in [0.29, 0.717) is 16.1 Å². The molecule has 2 heterocycles. The van der Waals surface area contributed by atoms with Crippen molar-refractivity contribution in [1.29, 1.82) is 0 Å². The molecule has 1 fully saturated rings. The topological polar surface area (TPSA) is 58.4 Å². The van der Waals surface area contributed by atoms with Crippen molar-refractivity contribution in [2.75, 3.05) is 39.0 Å². The van der Waals surface area contributed by atoms with Gasteiger partial charge in [-0.15, -0.1) is 0 Å². The number of carbonyl (C=O) groups is 1. The molecule has 0 atom stereocenters. The maximum atomic E-state index is 13.2. The Balaban J connectivity index is 1.67. The number of amides is 1. The quantitative estimate of drug-likeness (QED) is 0.491. The van der Waals surface area contributed by atoms with Crippen LogP contribution in [0.15, 0.2) is 58.5 Å². The van der Waals surface area contributed by atoms with Crippen LogP contribution in [0.5, 0.6) is 0 Å².